The Hall–Kier alpha value is -1.64. The molecule has 0 bridgehead atoms. The van der Waals surface area contributed by atoms with E-state index < -0.39 is 25.6 Å². The van der Waals surface area contributed by atoms with Gasteiger partial charge in [-0.3, -0.25) is 14.4 Å². The Morgan fingerprint density at radius 1 is 1.21 bits per heavy atom. The number of nitrogens with one attached hydrogen (secondary N) is 1. The summed E-state index contributed by atoms with van der Waals surface area (Å²) in [4.78, 5) is 38.5. The number of amides is 2. The van der Waals surface area contributed by atoms with Crippen LogP contribution in [-0.4, -0.2) is 43.1 Å². The van der Waals surface area contributed by atoms with Crippen LogP contribution in [0.2, 0.25) is 18.1 Å². The summed E-state index contributed by atoms with van der Waals surface area (Å²) in [5.41, 5.74) is 5.91. The maximum Gasteiger partial charge on any atom is 0.248 e. The Bertz CT molecular complexity index is 899. The van der Waals surface area contributed by atoms with Crippen molar-refractivity contribution in [3.63, 3.8) is 0 Å². The molecule has 33 heavy (non-hydrogen) atoms. The van der Waals surface area contributed by atoms with Crippen LogP contribution >= 0.6 is 11.8 Å². The second kappa shape index (κ2) is 10.3. The van der Waals surface area contributed by atoms with Crippen LogP contribution in [0.1, 0.15) is 63.9 Å². The van der Waals surface area contributed by atoms with Crippen molar-refractivity contribution < 1.29 is 18.8 Å². The van der Waals surface area contributed by atoms with E-state index in [1.165, 1.54) is 11.8 Å². The van der Waals surface area contributed by atoms with Gasteiger partial charge in [-0.25, -0.2) is 0 Å². The fourth-order valence-electron chi connectivity index (χ4n) is 4.40. The highest BCUT2D eigenvalue weighted by molar-refractivity contribution is 8.13. The van der Waals surface area contributed by atoms with Gasteiger partial charge in [0.1, 0.15) is 0 Å². The summed E-state index contributed by atoms with van der Waals surface area (Å²) in [6.45, 7) is 16.7. The summed E-state index contributed by atoms with van der Waals surface area (Å²) < 4.78 is 6.58. The molecule has 2 rings (SSSR count). The highest BCUT2D eigenvalue weighted by Gasteiger charge is 2.58. The van der Waals surface area contributed by atoms with Gasteiger partial charge in [-0.05, 0) is 55.3 Å². The summed E-state index contributed by atoms with van der Waals surface area (Å²) in [7, 11) is -2.11. The van der Waals surface area contributed by atoms with Crippen molar-refractivity contribution >= 4 is 37.0 Å². The number of hydrogen-bond donors (Lipinski definition) is 2. The monoisotopic (exact) mass is 492 g/mol. The van der Waals surface area contributed by atoms with Gasteiger partial charge in [0.25, 0.3) is 0 Å². The molecule has 1 aromatic carbocycles. The van der Waals surface area contributed by atoms with Gasteiger partial charge in [0.15, 0.2) is 13.4 Å². The van der Waals surface area contributed by atoms with Crippen molar-refractivity contribution in [3.05, 3.63) is 35.4 Å². The van der Waals surface area contributed by atoms with Gasteiger partial charge in [0, 0.05) is 5.56 Å². The Morgan fingerprint density at radius 3 is 2.30 bits per heavy atom. The van der Waals surface area contributed by atoms with E-state index >= 15 is 0 Å². The number of thioether (sulfide) groups is 1. The van der Waals surface area contributed by atoms with E-state index in [9.17, 15) is 14.4 Å². The minimum Gasteiger partial charge on any atom is -0.413 e. The normalized spacial score (nSPS) is 21.5. The molecule has 1 heterocycles. The molecule has 1 fully saturated rings. The van der Waals surface area contributed by atoms with Crippen molar-refractivity contribution in [2.75, 3.05) is 5.75 Å². The summed E-state index contributed by atoms with van der Waals surface area (Å²) in [6.07, 6.45) is 0.546. The first kappa shape index (κ1) is 27.6. The number of β-lactam (4-membered cyclic amide) rings is 1. The number of rotatable bonds is 10. The maximum absolute atomic E-state index is 13.6. The summed E-state index contributed by atoms with van der Waals surface area (Å²) >= 11 is 1.27. The smallest absolute Gasteiger partial charge is 0.248 e. The van der Waals surface area contributed by atoms with E-state index in [1.54, 1.807) is 12.1 Å². The number of benzene rings is 1. The molecule has 1 aromatic rings. The van der Waals surface area contributed by atoms with Crippen LogP contribution in [0, 0.1) is 11.3 Å². The van der Waals surface area contributed by atoms with E-state index in [0.717, 1.165) is 5.56 Å². The van der Waals surface area contributed by atoms with E-state index in [-0.39, 0.29) is 28.2 Å². The zero-order valence-corrected chi connectivity index (χ0v) is 23.1. The Balaban J connectivity index is 2.48. The Morgan fingerprint density at radius 2 is 1.82 bits per heavy atom. The van der Waals surface area contributed by atoms with Crippen molar-refractivity contribution in [1.29, 1.82) is 0 Å². The Kier molecular flexibility index (Phi) is 8.63. The summed E-state index contributed by atoms with van der Waals surface area (Å²) in [5, 5.41) is 3.08. The largest absolute Gasteiger partial charge is 0.413 e. The fourth-order valence-corrected chi connectivity index (χ4v) is 6.73. The highest BCUT2D eigenvalue weighted by atomic mass is 32.2. The predicted octanol–water partition coefficient (Wildman–Crippen LogP) is 4.53. The van der Waals surface area contributed by atoms with Gasteiger partial charge in [0.05, 0.1) is 23.5 Å². The van der Waals surface area contributed by atoms with Crippen LogP contribution in [0.3, 0.4) is 0 Å². The molecule has 8 heteroatoms. The molecule has 0 aromatic heterocycles. The average molecular weight is 493 g/mol. The average Bonchev–Trinajstić information content (AvgIpc) is 2.69. The lowest BCUT2D eigenvalue weighted by atomic mass is 9.64. The summed E-state index contributed by atoms with van der Waals surface area (Å²) in [6, 6.07) is 6.78. The summed E-state index contributed by atoms with van der Waals surface area (Å²) in [5.74, 6) is -0.392. The second-order valence-corrected chi connectivity index (χ2v) is 16.5. The SMILES string of the molecule is CCSC(=O)[C@@](CC)(Cc1ccccc1C(N)=O)[C@H]1NC(=O)[C@@H]1[C@@H](C)O[Si](C)(C)C(C)(C)C. The standard InChI is InChI=1S/C25H40N2O4SSi/c1-9-25(23(30)32-10-2,15-17-13-11-12-14-18(17)21(26)28)20-19(22(29)27-20)16(3)31-33(7,8)24(4,5)6/h11-14,16,19-20H,9-10,15H2,1-8H3,(H2,26,28)(H,27,29)/t16-,19-,20+,25+/m1/s1. The lowest BCUT2D eigenvalue weighted by molar-refractivity contribution is -0.149. The number of carbonyl (C=O) groups excluding carboxylic acids is 3. The Labute approximate surface area is 203 Å². The zero-order valence-electron chi connectivity index (χ0n) is 21.3. The van der Waals surface area contributed by atoms with Gasteiger partial charge in [-0.15, -0.1) is 0 Å². The van der Waals surface area contributed by atoms with Crippen molar-refractivity contribution in [1.82, 2.24) is 5.32 Å². The maximum atomic E-state index is 13.6. The van der Waals surface area contributed by atoms with Crippen LogP contribution in [0.15, 0.2) is 24.3 Å². The second-order valence-electron chi connectivity index (χ2n) is 10.5. The van der Waals surface area contributed by atoms with Gasteiger partial charge >= 0.3 is 0 Å². The van der Waals surface area contributed by atoms with Crippen LogP contribution in [-0.2, 0) is 20.4 Å². The molecule has 6 nitrogen and oxygen atoms in total. The minimum atomic E-state index is -2.11. The molecule has 1 saturated heterocycles. The zero-order chi connectivity index (χ0) is 25.2. The van der Waals surface area contributed by atoms with Crippen LogP contribution in [0.4, 0.5) is 0 Å². The van der Waals surface area contributed by atoms with Gasteiger partial charge in [-0.1, -0.05) is 64.6 Å². The molecule has 1 aliphatic rings. The molecule has 184 valence electrons. The fraction of sp³-hybridized carbons (Fsp3) is 0.640. The molecule has 3 N–H and O–H groups in total. The number of hydrogen-bond acceptors (Lipinski definition) is 5. The number of primary amides is 1. The molecule has 0 radical (unpaired) electrons. The van der Waals surface area contributed by atoms with E-state index in [4.69, 9.17) is 10.2 Å². The molecular weight excluding hydrogens is 452 g/mol. The lowest BCUT2D eigenvalue weighted by Crippen LogP contribution is -2.71. The number of nitrogens with two attached hydrogens (primary N) is 1. The van der Waals surface area contributed by atoms with E-state index in [0.29, 0.717) is 24.2 Å². The minimum absolute atomic E-state index is 0.00708. The van der Waals surface area contributed by atoms with Crippen molar-refractivity contribution in [2.45, 2.75) is 84.7 Å². The third kappa shape index (κ3) is 5.54. The third-order valence-corrected chi connectivity index (χ3v) is 13.0. The molecule has 0 aliphatic carbocycles. The van der Waals surface area contributed by atoms with Crippen LogP contribution < -0.4 is 11.1 Å². The van der Waals surface area contributed by atoms with Crippen molar-refractivity contribution in [2.24, 2.45) is 17.1 Å². The van der Waals surface area contributed by atoms with Gasteiger partial charge in [0.2, 0.25) is 11.8 Å². The molecule has 2 amide bonds. The quantitative estimate of drug-likeness (QED) is 0.369. The lowest BCUT2D eigenvalue weighted by Gasteiger charge is -2.52. The third-order valence-electron chi connectivity index (χ3n) is 7.45. The highest BCUT2D eigenvalue weighted by Crippen LogP contribution is 2.46. The molecule has 0 unspecified atom stereocenters. The van der Waals surface area contributed by atoms with Crippen LogP contribution in [0.5, 0.6) is 0 Å². The van der Waals surface area contributed by atoms with E-state index in [2.05, 4.69) is 39.2 Å². The molecule has 0 saturated carbocycles. The first-order valence-electron chi connectivity index (χ1n) is 11.7. The topological polar surface area (TPSA) is 98.5 Å². The molecule has 1 aliphatic heterocycles. The van der Waals surface area contributed by atoms with E-state index in [1.807, 2.05) is 32.9 Å². The first-order chi connectivity index (χ1) is 15.2. The number of carbonyl (C=O) groups is 3. The first-order valence-corrected chi connectivity index (χ1v) is 15.6. The van der Waals surface area contributed by atoms with Gasteiger partial charge in [-0.2, -0.15) is 0 Å². The van der Waals surface area contributed by atoms with Gasteiger partial charge < -0.3 is 15.5 Å². The van der Waals surface area contributed by atoms with Crippen molar-refractivity contribution in [3.8, 4) is 0 Å². The van der Waals surface area contributed by atoms with Crippen LogP contribution in [0.25, 0.3) is 0 Å². The molecule has 0 spiro atoms. The molecule has 4 atom stereocenters. The molecular formula is C25H40N2O4SSi. The predicted molar refractivity (Wildman–Crippen MR) is 138 cm³/mol.